The molecule has 2 rings (SSSR count). The average molecular weight is 381 g/mol. The molecule has 4 heteroatoms. The Morgan fingerprint density at radius 3 is 2.18 bits per heavy atom. The van der Waals surface area contributed by atoms with Crippen molar-refractivity contribution < 1.29 is 9.59 Å². The van der Waals surface area contributed by atoms with Gasteiger partial charge in [0.25, 0.3) is 0 Å². The molecule has 0 fully saturated rings. The third kappa shape index (κ3) is 6.22. The number of carbonyl (C=O) groups excluding carboxylic acids is 2. The summed E-state index contributed by atoms with van der Waals surface area (Å²) in [6.07, 6.45) is 1.64. The Kier molecular flexibility index (Phi) is 8.24. The lowest BCUT2D eigenvalue weighted by Gasteiger charge is -2.30. The average Bonchev–Trinajstić information content (AvgIpc) is 2.65. The number of likely N-dealkylation sites (N-methyl/N-ethyl adjacent to an activating group) is 1. The van der Waals surface area contributed by atoms with Crippen LogP contribution in [0.2, 0.25) is 0 Å². The normalized spacial score (nSPS) is 11.7. The van der Waals surface area contributed by atoms with Crippen LogP contribution in [0.3, 0.4) is 0 Å². The lowest BCUT2D eigenvalue weighted by Crippen LogP contribution is -2.50. The Labute approximate surface area is 169 Å². The van der Waals surface area contributed by atoms with Crippen LogP contribution in [0.1, 0.15) is 42.5 Å². The van der Waals surface area contributed by atoms with Gasteiger partial charge in [-0.25, -0.2) is 0 Å². The molecule has 0 unspecified atom stereocenters. The van der Waals surface area contributed by atoms with E-state index >= 15 is 0 Å². The molecule has 0 spiro atoms. The highest BCUT2D eigenvalue weighted by Gasteiger charge is 2.27. The van der Waals surface area contributed by atoms with Gasteiger partial charge in [-0.1, -0.05) is 66.6 Å². The maximum absolute atomic E-state index is 13.2. The SMILES string of the molecule is CCNC(=O)[C@H](CC)N(CCc1ccccc1)C(=O)Cc1cc(C)cc(C)c1. The van der Waals surface area contributed by atoms with E-state index in [2.05, 4.69) is 23.5 Å². The Balaban J connectivity index is 2.21. The van der Waals surface area contributed by atoms with Gasteiger partial charge >= 0.3 is 0 Å². The van der Waals surface area contributed by atoms with Gasteiger partial charge in [0.05, 0.1) is 6.42 Å². The molecule has 0 radical (unpaired) electrons. The van der Waals surface area contributed by atoms with Gasteiger partial charge < -0.3 is 10.2 Å². The van der Waals surface area contributed by atoms with E-state index in [0.29, 0.717) is 25.9 Å². The Bertz CT molecular complexity index is 766. The van der Waals surface area contributed by atoms with Crippen molar-refractivity contribution in [1.82, 2.24) is 10.2 Å². The first-order valence-electron chi connectivity index (χ1n) is 10.1. The first-order valence-corrected chi connectivity index (χ1v) is 10.1. The number of nitrogens with zero attached hydrogens (tertiary/aromatic N) is 1. The van der Waals surface area contributed by atoms with E-state index in [-0.39, 0.29) is 11.8 Å². The zero-order valence-corrected chi connectivity index (χ0v) is 17.5. The zero-order chi connectivity index (χ0) is 20.5. The van der Waals surface area contributed by atoms with Crippen LogP contribution in [0.5, 0.6) is 0 Å². The van der Waals surface area contributed by atoms with Crippen LogP contribution in [-0.4, -0.2) is 35.8 Å². The van der Waals surface area contributed by atoms with Gasteiger partial charge in [0, 0.05) is 13.1 Å². The number of hydrogen-bond donors (Lipinski definition) is 1. The van der Waals surface area contributed by atoms with Gasteiger partial charge in [0.1, 0.15) is 6.04 Å². The summed E-state index contributed by atoms with van der Waals surface area (Å²) in [4.78, 5) is 27.6. The smallest absolute Gasteiger partial charge is 0.242 e. The summed E-state index contributed by atoms with van der Waals surface area (Å²) >= 11 is 0. The second kappa shape index (κ2) is 10.6. The molecule has 2 aromatic rings. The summed E-state index contributed by atoms with van der Waals surface area (Å²) in [6, 6.07) is 15.8. The third-order valence-corrected chi connectivity index (χ3v) is 4.86. The molecule has 1 atom stereocenters. The van der Waals surface area contributed by atoms with Crippen LogP contribution < -0.4 is 5.32 Å². The van der Waals surface area contributed by atoms with Crippen molar-refractivity contribution in [1.29, 1.82) is 0 Å². The fourth-order valence-electron chi connectivity index (χ4n) is 3.64. The third-order valence-electron chi connectivity index (χ3n) is 4.86. The molecule has 1 N–H and O–H groups in total. The molecule has 2 amide bonds. The van der Waals surface area contributed by atoms with Crippen molar-refractivity contribution >= 4 is 11.8 Å². The van der Waals surface area contributed by atoms with E-state index in [1.807, 2.05) is 58.0 Å². The predicted octanol–water partition coefficient (Wildman–Crippen LogP) is 3.83. The lowest BCUT2D eigenvalue weighted by molar-refractivity contribution is -0.140. The molecule has 0 saturated heterocycles. The highest BCUT2D eigenvalue weighted by molar-refractivity contribution is 5.88. The van der Waals surface area contributed by atoms with E-state index < -0.39 is 6.04 Å². The molecular formula is C24H32N2O2. The van der Waals surface area contributed by atoms with Crippen LogP contribution in [0, 0.1) is 13.8 Å². The number of hydrogen-bond acceptors (Lipinski definition) is 2. The summed E-state index contributed by atoms with van der Waals surface area (Å²) in [6.45, 7) is 9.03. The minimum absolute atomic E-state index is 0.000894. The minimum atomic E-state index is -0.443. The van der Waals surface area contributed by atoms with Gasteiger partial charge in [0.2, 0.25) is 11.8 Å². The highest BCUT2D eigenvalue weighted by Crippen LogP contribution is 2.14. The fraction of sp³-hybridized carbons (Fsp3) is 0.417. The van der Waals surface area contributed by atoms with Crippen LogP contribution in [0.25, 0.3) is 0 Å². The number of aryl methyl sites for hydroxylation is 2. The largest absolute Gasteiger partial charge is 0.355 e. The van der Waals surface area contributed by atoms with Gasteiger partial charge in [-0.3, -0.25) is 9.59 Å². The molecule has 0 saturated carbocycles. The van der Waals surface area contributed by atoms with Gasteiger partial charge in [0.15, 0.2) is 0 Å². The van der Waals surface area contributed by atoms with Crippen LogP contribution in [0.15, 0.2) is 48.5 Å². The number of rotatable bonds is 9. The fourth-order valence-corrected chi connectivity index (χ4v) is 3.64. The van der Waals surface area contributed by atoms with E-state index in [4.69, 9.17) is 0 Å². The van der Waals surface area contributed by atoms with Crippen LogP contribution in [-0.2, 0) is 22.4 Å². The maximum Gasteiger partial charge on any atom is 0.242 e. The van der Waals surface area contributed by atoms with Crippen molar-refractivity contribution in [3.63, 3.8) is 0 Å². The first kappa shape index (κ1) is 21.7. The predicted molar refractivity (Wildman–Crippen MR) is 114 cm³/mol. The van der Waals surface area contributed by atoms with Crippen molar-refractivity contribution in [2.24, 2.45) is 0 Å². The minimum Gasteiger partial charge on any atom is -0.355 e. The molecule has 0 heterocycles. The second-order valence-electron chi connectivity index (χ2n) is 7.31. The number of carbonyl (C=O) groups is 2. The quantitative estimate of drug-likeness (QED) is 0.719. The second-order valence-corrected chi connectivity index (χ2v) is 7.31. The number of amides is 2. The first-order chi connectivity index (χ1) is 13.4. The van der Waals surface area contributed by atoms with Gasteiger partial charge in [-0.05, 0) is 44.7 Å². The van der Waals surface area contributed by atoms with E-state index in [0.717, 1.165) is 28.7 Å². The van der Waals surface area contributed by atoms with Gasteiger partial charge in [-0.15, -0.1) is 0 Å². The van der Waals surface area contributed by atoms with E-state index in [1.54, 1.807) is 4.90 Å². The standard InChI is InChI=1S/C24H32N2O2/c1-5-22(24(28)25-6-2)26(13-12-20-10-8-7-9-11-20)23(27)17-21-15-18(3)14-19(4)16-21/h7-11,14-16,22H,5-6,12-13,17H2,1-4H3,(H,25,28)/t22-/m0/s1. The molecule has 28 heavy (non-hydrogen) atoms. The molecule has 0 aliphatic heterocycles. The highest BCUT2D eigenvalue weighted by atomic mass is 16.2. The monoisotopic (exact) mass is 380 g/mol. The molecule has 0 aliphatic carbocycles. The van der Waals surface area contributed by atoms with Crippen molar-refractivity contribution in [2.45, 2.75) is 53.0 Å². The molecule has 0 aromatic heterocycles. The van der Waals surface area contributed by atoms with Crippen molar-refractivity contribution in [3.05, 3.63) is 70.8 Å². The number of nitrogens with one attached hydrogen (secondary N) is 1. The lowest BCUT2D eigenvalue weighted by atomic mass is 10.0. The van der Waals surface area contributed by atoms with Crippen molar-refractivity contribution in [3.8, 4) is 0 Å². The molecule has 4 nitrogen and oxygen atoms in total. The summed E-state index contributed by atoms with van der Waals surface area (Å²) in [5, 5.41) is 2.88. The maximum atomic E-state index is 13.2. The molecule has 0 bridgehead atoms. The summed E-state index contributed by atoms with van der Waals surface area (Å²) in [5.74, 6) is -0.0779. The Hall–Kier alpha value is -2.62. The summed E-state index contributed by atoms with van der Waals surface area (Å²) < 4.78 is 0. The summed E-state index contributed by atoms with van der Waals surface area (Å²) in [7, 11) is 0. The zero-order valence-electron chi connectivity index (χ0n) is 17.5. The summed E-state index contributed by atoms with van der Waals surface area (Å²) in [5.41, 5.74) is 4.46. The van der Waals surface area contributed by atoms with Crippen molar-refractivity contribution in [2.75, 3.05) is 13.1 Å². The Morgan fingerprint density at radius 1 is 0.964 bits per heavy atom. The van der Waals surface area contributed by atoms with Crippen LogP contribution in [0.4, 0.5) is 0 Å². The van der Waals surface area contributed by atoms with Crippen LogP contribution >= 0.6 is 0 Å². The molecule has 0 aliphatic rings. The molecular weight excluding hydrogens is 348 g/mol. The van der Waals surface area contributed by atoms with E-state index in [9.17, 15) is 9.59 Å². The topological polar surface area (TPSA) is 49.4 Å². The molecule has 150 valence electrons. The molecule has 2 aromatic carbocycles. The van der Waals surface area contributed by atoms with Gasteiger partial charge in [-0.2, -0.15) is 0 Å². The Morgan fingerprint density at radius 2 is 1.61 bits per heavy atom. The number of benzene rings is 2. The van der Waals surface area contributed by atoms with E-state index in [1.165, 1.54) is 0 Å².